The second kappa shape index (κ2) is 7.86. The van der Waals surface area contributed by atoms with Crippen molar-refractivity contribution in [1.29, 1.82) is 0 Å². The fourth-order valence-electron chi connectivity index (χ4n) is 3.40. The first-order chi connectivity index (χ1) is 14.9. The SMILES string of the molecule is COc1cc2nccc(Oc3ccc(N(C)C(=O)C4(C=O)CC4)cc3F)c2cc1OC. The summed E-state index contributed by atoms with van der Waals surface area (Å²) in [6, 6.07) is 9.27. The normalized spacial score (nSPS) is 14.1. The number of aromatic nitrogens is 1. The van der Waals surface area contributed by atoms with Crippen LogP contribution in [0.5, 0.6) is 23.0 Å². The molecular weight excluding hydrogens is 403 g/mol. The number of anilines is 1. The second-order valence-electron chi connectivity index (χ2n) is 7.39. The molecule has 160 valence electrons. The minimum atomic E-state index is -0.962. The highest BCUT2D eigenvalue weighted by atomic mass is 19.1. The van der Waals surface area contributed by atoms with Crippen molar-refractivity contribution in [2.75, 3.05) is 26.2 Å². The Labute approximate surface area is 178 Å². The van der Waals surface area contributed by atoms with Crippen LogP contribution in [0.1, 0.15) is 12.8 Å². The molecule has 0 bridgehead atoms. The summed E-state index contributed by atoms with van der Waals surface area (Å²) >= 11 is 0. The fraction of sp³-hybridized carbons (Fsp3) is 0.261. The van der Waals surface area contributed by atoms with E-state index in [1.54, 1.807) is 30.5 Å². The van der Waals surface area contributed by atoms with Crippen LogP contribution in [0.25, 0.3) is 10.9 Å². The van der Waals surface area contributed by atoms with Crippen molar-refractivity contribution in [3.63, 3.8) is 0 Å². The molecule has 2 aromatic carbocycles. The lowest BCUT2D eigenvalue weighted by Gasteiger charge is -2.21. The number of nitrogens with zero attached hydrogens (tertiary/aromatic N) is 2. The highest BCUT2D eigenvalue weighted by Crippen LogP contribution is 2.45. The number of fused-ring (bicyclic) bond motifs is 1. The average Bonchev–Trinajstić information content (AvgIpc) is 3.60. The number of carbonyl (C=O) groups is 2. The Bertz CT molecular complexity index is 1180. The van der Waals surface area contributed by atoms with Gasteiger partial charge in [0.25, 0.3) is 0 Å². The van der Waals surface area contributed by atoms with Crippen molar-refractivity contribution >= 4 is 28.8 Å². The molecule has 0 spiro atoms. The smallest absolute Gasteiger partial charge is 0.240 e. The van der Waals surface area contributed by atoms with Crippen LogP contribution in [-0.4, -0.2) is 38.4 Å². The van der Waals surface area contributed by atoms with E-state index in [4.69, 9.17) is 14.2 Å². The zero-order valence-corrected chi connectivity index (χ0v) is 17.3. The molecule has 0 aliphatic heterocycles. The van der Waals surface area contributed by atoms with Crippen LogP contribution in [0.2, 0.25) is 0 Å². The summed E-state index contributed by atoms with van der Waals surface area (Å²) in [5.41, 5.74) is -0.0220. The standard InChI is InChI=1S/C23H21FN2O5/c1-26(22(28)23(13-27)7-8-23)14-4-5-19(16(24)10-14)31-18-6-9-25-17-12-21(30-3)20(29-2)11-15(17)18/h4-6,9-13H,7-8H2,1-3H3. The Hall–Kier alpha value is -3.68. The first-order valence-electron chi connectivity index (χ1n) is 9.65. The second-order valence-corrected chi connectivity index (χ2v) is 7.39. The van der Waals surface area contributed by atoms with E-state index in [9.17, 15) is 14.0 Å². The maximum absolute atomic E-state index is 14.8. The van der Waals surface area contributed by atoms with Gasteiger partial charge in [-0.25, -0.2) is 4.39 Å². The summed E-state index contributed by atoms with van der Waals surface area (Å²) in [6.07, 6.45) is 3.27. The van der Waals surface area contributed by atoms with Gasteiger partial charge in [-0.1, -0.05) is 0 Å². The minimum Gasteiger partial charge on any atom is -0.493 e. The monoisotopic (exact) mass is 424 g/mol. The predicted molar refractivity (Wildman–Crippen MR) is 112 cm³/mol. The molecule has 0 atom stereocenters. The average molecular weight is 424 g/mol. The molecular formula is C23H21FN2O5. The Morgan fingerprint density at radius 2 is 1.77 bits per heavy atom. The number of methoxy groups -OCH3 is 2. The number of pyridine rings is 1. The molecule has 1 heterocycles. The van der Waals surface area contributed by atoms with Gasteiger partial charge in [-0.3, -0.25) is 9.78 Å². The van der Waals surface area contributed by atoms with Gasteiger partial charge >= 0.3 is 0 Å². The van der Waals surface area contributed by atoms with Crippen LogP contribution in [0.3, 0.4) is 0 Å². The molecule has 8 heteroatoms. The minimum absolute atomic E-state index is 0.0107. The number of halogens is 1. The Kier molecular flexibility index (Phi) is 5.22. The maximum atomic E-state index is 14.8. The number of rotatable bonds is 7. The first-order valence-corrected chi connectivity index (χ1v) is 9.65. The van der Waals surface area contributed by atoms with E-state index in [1.165, 1.54) is 38.3 Å². The van der Waals surface area contributed by atoms with Crippen LogP contribution in [0.15, 0.2) is 42.6 Å². The number of benzene rings is 2. The summed E-state index contributed by atoms with van der Waals surface area (Å²) in [5, 5.41) is 0.623. The molecule has 1 aliphatic rings. The van der Waals surface area contributed by atoms with Crippen molar-refractivity contribution < 1.29 is 28.2 Å². The Morgan fingerprint density at radius 1 is 1.06 bits per heavy atom. The summed E-state index contributed by atoms with van der Waals surface area (Å²) in [6.45, 7) is 0. The Morgan fingerprint density at radius 3 is 2.39 bits per heavy atom. The number of hydrogen-bond acceptors (Lipinski definition) is 6. The molecule has 0 N–H and O–H groups in total. The van der Waals surface area contributed by atoms with E-state index in [-0.39, 0.29) is 11.7 Å². The summed E-state index contributed by atoms with van der Waals surface area (Å²) < 4.78 is 31.3. The molecule has 4 rings (SSSR count). The molecule has 1 aliphatic carbocycles. The van der Waals surface area contributed by atoms with Gasteiger partial charge in [-0.15, -0.1) is 0 Å². The van der Waals surface area contributed by atoms with Crippen LogP contribution in [0.4, 0.5) is 10.1 Å². The molecule has 1 aromatic heterocycles. The molecule has 31 heavy (non-hydrogen) atoms. The lowest BCUT2D eigenvalue weighted by molar-refractivity contribution is -0.128. The van der Waals surface area contributed by atoms with Gasteiger partial charge in [0, 0.05) is 36.5 Å². The van der Waals surface area contributed by atoms with Crippen molar-refractivity contribution in [2.24, 2.45) is 5.41 Å². The third kappa shape index (κ3) is 3.65. The summed E-state index contributed by atoms with van der Waals surface area (Å²) in [7, 11) is 4.58. The van der Waals surface area contributed by atoms with Crippen molar-refractivity contribution in [2.45, 2.75) is 12.8 Å². The molecule has 3 aromatic rings. The van der Waals surface area contributed by atoms with Crippen molar-refractivity contribution in [3.8, 4) is 23.0 Å². The quantitative estimate of drug-likeness (QED) is 0.419. The highest BCUT2D eigenvalue weighted by Gasteiger charge is 2.51. The maximum Gasteiger partial charge on any atom is 0.240 e. The molecule has 0 unspecified atom stereocenters. The van der Waals surface area contributed by atoms with Crippen molar-refractivity contribution in [3.05, 3.63) is 48.4 Å². The van der Waals surface area contributed by atoms with E-state index in [2.05, 4.69) is 4.98 Å². The molecule has 1 saturated carbocycles. The molecule has 1 fully saturated rings. The Balaban J connectivity index is 1.64. The summed E-state index contributed by atoms with van der Waals surface area (Å²) in [5.74, 6) is 0.415. The van der Waals surface area contributed by atoms with Crippen LogP contribution in [-0.2, 0) is 9.59 Å². The zero-order valence-electron chi connectivity index (χ0n) is 17.3. The first kappa shape index (κ1) is 20.6. The molecule has 7 nitrogen and oxygen atoms in total. The van der Waals surface area contributed by atoms with E-state index < -0.39 is 11.2 Å². The third-order valence-corrected chi connectivity index (χ3v) is 5.47. The predicted octanol–water partition coefficient (Wildman–Crippen LogP) is 4.13. The van der Waals surface area contributed by atoms with Crippen LogP contribution < -0.4 is 19.1 Å². The molecule has 0 radical (unpaired) electrons. The van der Waals surface area contributed by atoms with Crippen LogP contribution >= 0.6 is 0 Å². The van der Waals surface area contributed by atoms with Gasteiger partial charge in [-0.05, 0) is 37.1 Å². The van der Waals surface area contributed by atoms with Gasteiger partial charge < -0.3 is 23.9 Å². The van der Waals surface area contributed by atoms with E-state index >= 15 is 0 Å². The van der Waals surface area contributed by atoms with E-state index in [0.29, 0.717) is 53.0 Å². The number of carbonyl (C=O) groups excluding carboxylic acids is 2. The van der Waals surface area contributed by atoms with E-state index in [1.807, 2.05) is 0 Å². The topological polar surface area (TPSA) is 78.0 Å². The largest absolute Gasteiger partial charge is 0.493 e. The number of hydrogen-bond donors (Lipinski definition) is 0. The zero-order chi connectivity index (χ0) is 22.2. The lowest BCUT2D eigenvalue weighted by Crippen LogP contribution is -2.35. The van der Waals surface area contributed by atoms with Gasteiger partial charge in [0.2, 0.25) is 5.91 Å². The van der Waals surface area contributed by atoms with Gasteiger partial charge in [0.1, 0.15) is 17.5 Å². The van der Waals surface area contributed by atoms with Gasteiger partial charge in [0.05, 0.1) is 19.7 Å². The molecule has 0 saturated heterocycles. The highest BCUT2D eigenvalue weighted by molar-refractivity contribution is 6.08. The third-order valence-electron chi connectivity index (χ3n) is 5.47. The fourth-order valence-corrected chi connectivity index (χ4v) is 3.40. The number of ether oxygens (including phenoxy) is 3. The summed E-state index contributed by atoms with van der Waals surface area (Å²) in [4.78, 5) is 29.3. The van der Waals surface area contributed by atoms with Gasteiger partial charge in [0.15, 0.2) is 23.1 Å². The number of amides is 1. The van der Waals surface area contributed by atoms with Crippen molar-refractivity contribution in [1.82, 2.24) is 4.98 Å². The van der Waals surface area contributed by atoms with Crippen LogP contribution in [0, 0.1) is 11.2 Å². The van der Waals surface area contributed by atoms with E-state index in [0.717, 1.165) is 0 Å². The van der Waals surface area contributed by atoms with Gasteiger partial charge in [-0.2, -0.15) is 0 Å². The lowest BCUT2D eigenvalue weighted by atomic mass is 10.1. The number of aldehydes is 1. The molecule has 1 amide bonds.